The summed E-state index contributed by atoms with van der Waals surface area (Å²) < 4.78 is 5.49. The molecule has 0 aliphatic carbocycles. The van der Waals surface area contributed by atoms with Gasteiger partial charge >= 0.3 is 0 Å². The quantitative estimate of drug-likeness (QED) is 0.484. The Kier molecular flexibility index (Phi) is 5.62. The Bertz CT molecular complexity index is 1220. The first-order chi connectivity index (χ1) is 14.9. The summed E-state index contributed by atoms with van der Waals surface area (Å²) in [6.45, 7) is 4.82. The van der Waals surface area contributed by atoms with Crippen molar-refractivity contribution in [2.24, 2.45) is 0 Å². The van der Waals surface area contributed by atoms with Crippen molar-refractivity contribution in [3.8, 4) is 0 Å². The molecule has 0 saturated carbocycles. The third-order valence-corrected chi connectivity index (χ3v) is 5.35. The van der Waals surface area contributed by atoms with Crippen molar-refractivity contribution in [1.82, 2.24) is 15.2 Å². The molecule has 0 unspecified atom stereocenters. The van der Waals surface area contributed by atoms with E-state index in [-0.39, 0.29) is 11.8 Å². The zero-order valence-electron chi connectivity index (χ0n) is 17.9. The van der Waals surface area contributed by atoms with Crippen LogP contribution in [0.15, 0.2) is 65.3 Å². The van der Waals surface area contributed by atoms with Gasteiger partial charge in [-0.2, -0.15) is 0 Å². The molecular weight excluding hydrogens is 390 g/mol. The smallest absolute Gasteiger partial charge is 0.271 e. The third-order valence-electron chi connectivity index (χ3n) is 5.35. The monoisotopic (exact) mass is 415 g/mol. The van der Waals surface area contributed by atoms with Crippen LogP contribution >= 0.6 is 0 Å². The molecule has 6 nitrogen and oxygen atoms in total. The minimum atomic E-state index is -0.140. The minimum Gasteiger partial charge on any atom is -0.467 e. The van der Waals surface area contributed by atoms with E-state index in [1.807, 2.05) is 50.2 Å². The van der Waals surface area contributed by atoms with Gasteiger partial charge in [0, 0.05) is 30.1 Å². The lowest BCUT2D eigenvalue weighted by Crippen LogP contribution is -2.30. The number of aromatic amines is 1. The number of benzene rings is 2. The molecule has 0 spiro atoms. The molecule has 0 saturated heterocycles. The second-order valence-electron chi connectivity index (χ2n) is 7.74. The number of carbonyl (C=O) groups excluding carboxylic acids is 2. The molecule has 2 heterocycles. The fourth-order valence-electron chi connectivity index (χ4n) is 3.80. The van der Waals surface area contributed by atoms with Crippen LogP contribution in [0.3, 0.4) is 0 Å². The number of nitrogens with zero attached hydrogens (tertiary/aromatic N) is 1. The van der Waals surface area contributed by atoms with Crippen molar-refractivity contribution >= 4 is 22.7 Å². The summed E-state index contributed by atoms with van der Waals surface area (Å²) >= 11 is 0. The van der Waals surface area contributed by atoms with E-state index >= 15 is 0 Å². The van der Waals surface area contributed by atoms with Crippen LogP contribution in [0.2, 0.25) is 0 Å². The first-order valence-corrected chi connectivity index (χ1v) is 10.2. The SMILES string of the molecule is CNC(=O)c1ccc(CN(Cc2ccco2)C(=O)c2cc3c(C)cc(C)cc3[nH]2)cc1. The Hall–Kier alpha value is -3.80. The molecule has 2 aromatic carbocycles. The number of fused-ring (bicyclic) bond motifs is 1. The van der Waals surface area contributed by atoms with Crippen LogP contribution in [0.5, 0.6) is 0 Å². The molecule has 0 aliphatic heterocycles. The second-order valence-corrected chi connectivity index (χ2v) is 7.74. The number of nitrogens with one attached hydrogen (secondary N) is 2. The molecule has 2 aromatic heterocycles. The molecule has 0 atom stereocenters. The van der Waals surface area contributed by atoms with Gasteiger partial charge in [0.1, 0.15) is 11.5 Å². The highest BCUT2D eigenvalue weighted by atomic mass is 16.3. The van der Waals surface area contributed by atoms with Crippen LogP contribution < -0.4 is 5.32 Å². The van der Waals surface area contributed by atoms with Crippen molar-refractivity contribution in [3.63, 3.8) is 0 Å². The standard InChI is InChI=1S/C25H25N3O3/c1-16-11-17(2)21-13-23(27-22(21)12-16)25(30)28(15-20-5-4-10-31-20)14-18-6-8-19(9-7-18)24(29)26-3/h4-13,27H,14-15H2,1-3H3,(H,26,29). The van der Waals surface area contributed by atoms with Crippen molar-refractivity contribution < 1.29 is 14.0 Å². The normalized spacial score (nSPS) is 10.9. The predicted octanol–water partition coefficient (Wildman–Crippen LogP) is 4.58. The van der Waals surface area contributed by atoms with E-state index in [1.165, 1.54) is 0 Å². The molecule has 0 fully saturated rings. The maximum Gasteiger partial charge on any atom is 0.271 e. The fourth-order valence-corrected chi connectivity index (χ4v) is 3.80. The largest absolute Gasteiger partial charge is 0.467 e. The number of hydrogen-bond acceptors (Lipinski definition) is 3. The van der Waals surface area contributed by atoms with Crippen LogP contribution in [0, 0.1) is 13.8 Å². The van der Waals surface area contributed by atoms with E-state index < -0.39 is 0 Å². The van der Waals surface area contributed by atoms with Gasteiger partial charge in [-0.05, 0) is 66.9 Å². The predicted molar refractivity (Wildman–Crippen MR) is 120 cm³/mol. The number of H-pyrrole nitrogens is 1. The van der Waals surface area contributed by atoms with Crippen LogP contribution in [0.1, 0.15) is 43.3 Å². The minimum absolute atomic E-state index is 0.111. The summed E-state index contributed by atoms with van der Waals surface area (Å²) in [5.74, 6) is 0.456. The summed E-state index contributed by atoms with van der Waals surface area (Å²) in [5.41, 5.74) is 5.28. The fraction of sp³-hybridized carbons (Fsp3) is 0.200. The number of furan rings is 1. The van der Waals surface area contributed by atoms with Gasteiger partial charge in [0.2, 0.25) is 0 Å². The molecule has 2 N–H and O–H groups in total. The first-order valence-electron chi connectivity index (χ1n) is 10.2. The summed E-state index contributed by atoms with van der Waals surface area (Å²) in [6, 6.07) is 17.0. The van der Waals surface area contributed by atoms with Gasteiger partial charge in [0.05, 0.1) is 12.8 Å². The van der Waals surface area contributed by atoms with E-state index in [0.717, 1.165) is 27.6 Å². The number of rotatable bonds is 6. The van der Waals surface area contributed by atoms with Gasteiger partial charge in [0.15, 0.2) is 0 Å². The zero-order chi connectivity index (χ0) is 22.0. The third kappa shape index (κ3) is 4.38. The average molecular weight is 415 g/mol. The Morgan fingerprint density at radius 1 is 1.03 bits per heavy atom. The van der Waals surface area contributed by atoms with Crippen molar-refractivity contribution in [3.05, 3.63) is 94.6 Å². The van der Waals surface area contributed by atoms with Crippen LogP contribution in [0.4, 0.5) is 0 Å². The molecule has 6 heteroatoms. The molecule has 0 aliphatic rings. The number of carbonyl (C=O) groups is 2. The van der Waals surface area contributed by atoms with Gasteiger partial charge in [-0.1, -0.05) is 18.2 Å². The van der Waals surface area contributed by atoms with Gasteiger partial charge in [-0.15, -0.1) is 0 Å². The molecule has 0 radical (unpaired) electrons. The molecule has 31 heavy (non-hydrogen) atoms. The van der Waals surface area contributed by atoms with Crippen LogP contribution in [0.25, 0.3) is 10.9 Å². The Morgan fingerprint density at radius 2 is 1.81 bits per heavy atom. The van der Waals surface area contributed by atoms with Crippen LogP contribution in [-0.2, 0) is 13.1 Å². The molecular formula is C25H25N3O3. The van der Waals surface area contributed by atoms with Gasteiger partial charge in [0.25, 0.3) is 11.8 Å². The molecule has 158 valence electrons. The van der Waals surface area contributed by atoms with E-state index in [0.29, 0.717) is 30.1 Å². The molecule has 0 bridgehead atoms. The van der Waals surface area contributed by atoms with E-state index in [1.54, 1.807) is 30.3 Å². The highest BCUT2D eigenvalue weighted by Gasteiger charge is 2.20. The Labute approximate surface area is 180 Å². The van der Waals surface area contributed by atoms with E-state index in [9.17, 15) is 9.59 Å². The van der Waals surface area contributed by atoms with Crippen molar-refractivity contribution in [2.45, 2.75) is 26.9 Å². The van der Waals surface area contributed by atoms with Gasteiger partial charge in [-0.25, -0.2) is 0 Å². The summed E-state index contributed by atoms with van der Waals surface area (Å²) in [5, 5.41) is 3.66. The number of aromatic nitrogens is 1. The Balaban J connectivity index is 1.64. The van der Waals surface area contributed by atoms with Crippen LogP contribution in [-0.4, -0.2) is 28.7 Å². The highest BCUT2D eigenvalue weighted by Crippen LogP contribution is 2.23. The maximum absolute atomic E-state index is 13.5. The summed E-state index contributed by atoms with van der Waals surface area (Å²) in [7, 11) is 1.60. The molecule has 4 rings (SSSR count). The van der Waals surface area contributed by atoms with Gasteiger partial charge in [-0.3, -0.25) is 9.59 Å². The maximum atomic E-state index is 13.5. The molecule has 4 aromatic rings. The number of aryl methyl sites for hydroxylation is 2. The Morgan fingerprint density at radius 3 is 2.48 bits per heavy atom. The number of hydrogen-bond donors (Lipinski definition) is 2. The first kappa shape index (κ1) is 20.5. The lowest BCUT2D eigenvalue weighted by atomic mass is 10.1. The van der Waals surface area contributed by atoms with E-state index in [2.05, 4.69) is 16.4 Å². The van der Waals surface area contributed by atoms with E-state index in [4.69, 9.17) is 4.42 Å². The average Bonchev–Trinajstić information content (AvgIpc) is 3.42. The van der Waals surface area contributed by atoms with Crippen molar-refractivity contribution in [1.29, 1.82) is 0 Å². The number of amides is 2. The van der Waals surface area contributed by atoms with Crippen molar-refractivity contribution in [2.75, 3.05) is 7.05 Å². The zero-order valence-corrected chi connectivity index (χ0v) is 17.9. The summed E-state index contributed by atoms with van der Waals surface area (Å²) in [6.07, 6.45) is 1.60. The lowest BCUT2D eigenvalue weighted by Gasteiger charge is -2.21. The highest BCUT2D eigenvalue weighted by molar-refractivity contribution is 5.99. The topological polar surface area (TPSA) is 78.3 Å². The second kappa shape index (κ2) is 8.52. The molecule has 2 amide bonds. The van der Waals surface area contributed by atoms with Gasteiger partial charge < -0.3 is 19.6 Å². The summed E-state index contributed by atoms with van der Waals surface area (Å²) in [4.78, 5) is 30.3. The lowest BCUT2D eigenvalue weighted by molar-refractivity contribution is 0.0712.